The van der Waals surface area contributed by atoms with Crippen LogP contribution in [-0.2, 0) is 16.0 Å². The first-order valence-electron chi connectivity index (χ1n) is 8.43. The average molecular weight is 392 g/mol. The summed E-state index contributed by atoms with van der Waals surface area (Å²) in [4.78, 5) is 23.7. The van der Waals surface area contributed by atoms with Crippen LogP contribution in [0.15, 0.2) is 42.5 Å². The molecule has 1 unspecified atom stereocenters. The summed E-state index contributed by atoms with van der Waals surface area (Å²) in [6.45, 7) is 0. The molecule has 0 fully saturated rings. The molecule has 27 heavy (non-hydrogen) atoms. The number of carbonyl (C=O) groups excluding carboxylic acids is 1. The van der Waals surface area contributed by atoms with Gasteiger partial charge in [0.25, 0.3) is 0 Å². The van der Waals surface area contributed by atoms with Gasteiger partial charge in [-0.05, 0) is 48.2 Å². The van der Waals surface area contributed by atoms with E-state index < -0.39 is 12.0 Å². The number of nitrogens with one attached hydrogen (secondary N) is 1. The second-order valence-electron chi connectivity index (χ2n) is 5.93. The molecule has 7 heteroatoms. The lowest BCUT2D eigenvalue weighted by atomic mass is 10.1. The van der Waals surface area contributed by atoms with Crippen molar-refractivity contribution in [1.29, 1.82) is 0 Å². The summed E-state index contributed by atoms with van der Waals surface area (Å²) in [5.74, 6) is -0.267. The van der Waals surface area contributed by atoms with Crippen molar-refractivity contribution >= 4 is 23.5 Å². The van der Waals surface area contributed by atoms with Gasteiger partial charge < -0.3 is 19.9 Å². The van der Waals surface area contributed by atoms with Gasteiger partial charge in [0.15, 0.2) is 6.04 Å². The number of amides is 1. The molecule has 0 aliphatic carbocycles. The molecule has 0 aromatic heterocycles. The molecule has 0 aliphatic rings. The molecule has 0 radical (unpaired) electrons. The molecule has 2 N–H and O–H groups in total. The first-order valence-corrected chi connectivity index (χ1v) is 8.81. The molecule has 1 atom stereocenters. The third-order valence-electron chi connectivity index (χ3n) is 4.09. The van der Waals surface area contributed by atoms with Crippen LogP contribution in [0.3, 0.4) is 0 Å². The zero-order chi connectivity index (χ0) is 19.8. The van der Waals surface area contributed by atoms with E-state index in [1.54, 1.807) is 19.2 Å². The predicted molar refractivity (Wildman–Crippen MR) is 102 cm³/mol. The monoisotopic (exact) mass is 391 g/mol. The lowest BCUT2D eigenvalue weighted by Gasteiger charge is -2.16. The van der Waals surface area contributed by atoms with Crippen molar-refractivity contribution in [3.63, 3.8) is 0 Å². The van der Waals surface area contributed by atoms with Gasteiger partial charge in [-0.25, -0.2) is 4.79 Å². The summed E-state index contributed by atoms with van der Waals surface area (Å²) in [6.07, 6.45) is 1.54. The third-order valence-corrected chi connectivity index (χ3v) is 4.39. The highest BCUT2D eigenvalue weighted by atomic mass is 35.5. The average Bonchev–Trinajstić information content (AvgIpc) is 2.66. The van der Waals surface area contributed by atoms with Crippen LogP contribution < -0.4 is 14.8 Å². The summed E-state index contributed by atoms with van der Waals surface area (Å²) in [6, 6.07) is 11.1. The fourth-order valence-electron chi connectivity index (χ4n) is 2.63. The number of hydrogen-bond acceptors (Lipinski definition) is 4. The van der Waals surface area contributed by atoms with Crippen LogP contribution in [0.2, 0.25) is 5.02 Å². The van der Waals surface area contributed by atoms with Gasteiger partial charge in [0.05, 0.1) is 19.2 Å². The second kappa shape index (κ2) is 9.83. The van der Waals surface area contributed by atoms with Crippen molar-refractivity contribution in [2.45, 2.75) is 25.3 Å². The van der Waals surface area contributed by atoms with Gasteiger partial charge in [0.2, 0.25) is 5.91 Å². The fourth-order valence-corrected chi connectivity index (χ4v) is 2.89. The number of halogens is 1. The number of carboxylic acid groups (broad SMARTS) is 1. The Morgan fingerprint density at radius 3 is 2.37 bits per heavy atom. The summed E-state index contributed by atoms with van der Waals surface area (Å²) in [5.41, 5.74) is 1.47. The minimum absolute atomic E-state index is 0.222. The Kier molecular flexibility index (Phi) is 7.49. The minimum atomic E-state index is -1.16. The highest BCUT2D eigenvalue weighted by Gasteiger charge is 2.22. The molecule has 0 saturated carbocycles. The van der Waals surface area contributed by atoms with Crippen LogP contribution in [0.1, 0.15) is 30.0 Å². The molecule has 1 amide bonds. The van der Waals surface area contributed by atoms with Gasteiger partial charge in [0, 0.05) is 6.42 Å². The van der Waals surface area contributed by atoms with Crippen molar-refractivity contribution in [1.82, 2.24) is 5.32 Å². The predicted octanol–water partition coefficient (Wildman–Crippen LogP) is 3.62. The Balaban J connectivity index is 1.92. The molecular weight excluding hydrogens is 370 g/mol. The van der Waals surface area contributed by atoms with Gasteiger partial charge in [-0.3, -0.25) is 4.79 Å². The van der Waals surface area contributed by atoms with Crippen molar-refractivity contribution in [3.8, 4) is 11.5 Å². The Hall–Kier alpha value is -2.73. The number of carboxylic acids is 1. The van der Waals surface area contributed by atoms with E-state index in [4.69, 9.17) is 21.1 Å². The largest absolute Gasteiger partial charge is 0.497 e. The fraction of sp³-hybridized carbons (Fsp3) is 0.300. The van der Waals surface area contributed by atoms with Crippen LogP contribution in [0.5, 0.6) is 11.5 Å². The smallest absolute Gasteiger partial charge is 0.330 e. The molecule has 2 rings (SSSR count). The van der Waals surface area contributed by atoms with Crippen molar-refractivity contribution in [2.75, 3.05) is 14.2 Å². The maximum absolute atomic E-state index is 12.2. The topological polar surface area (TPSA) is 84.9 Å². The van der Waals surface area contributed by atoms with Crippen LogP contribution >= 0.6 is 11.6 Å². The molecule has 0 heterocycles. The molecule has 0 saturated heterocycles. The number of ether oxygens (including phenoxy) is 2. The number of methoxy groups -OCH3 is 2. The van der Waals surface area contributed by atoms with Crippen molar-refractivity contribution < 1.29 is 24.2 Å². The first-order chi connectivity index (χ1) is 12.9. The van der Waals surface area contributed by atoms with Gasteiger partial charge in [0.1, 0.15) is 11.5 Å². The quantitative estimate of drug-likeness (QED) is 0.682. The zero-order valence-corrected chi connectivity index (χ0v) is 16.0. The highest BCUT2D eigenvalue weighted by Crippen LogP contribution is 2.28. The van der Waals surface area contributed by atoms with E-state index in [0.29, 0.717) is 24.2 Å². The Bertz CT molecular complexity index is 791. The number of rotatable bonds is 9. The zero-order valence-electron chi connectivity index (χ0n) is 15.2. The molecule has 144 valence electrons. The summed E-state index contributed by atoms with van der Waals surface area (Å²) in [7, 11) is 3.08. The summed E-state index contributed by atoms with van der Waals surface area (Å²) in [5, 5.41) is 12.3. The van der Waals surface area contributed by atoms with Crippen LogP contribution in [0.25, 0.3) is 0 Å². The lowest BCUT2D eigenvalue weighted by Crippen LogP contribution is -2.33. The molecule has 0 bridgehead atoms. The molecule has 0 aliphatic heterocycles. The van der Waals surface area contributed by atoms with Crippen LogP contribution in [0.4, 0.5) is 0 Å². The van der Waals surface area contributed by atoms with E-state index in [0.717, 1.165) is 11.3 Å². The van der Waals surface area contributed by atoms with E-state index in [1.807, 2.05) is 24.3 Å². The number of aryl methyl sites for hydroxylation is 1. The summed E-state index contributed by atoms with van der Waals surface area (Å²) >= 11 is 6.05. The highest BCUT2D eigenvalue weighted by molar-refractivity contribution is 6.32. The lowest BCUT2D eigenvalue weighted by molar-refractivity contribution is -0.142. The Morgan fingerprint density at radius 1 is 1.11 bits per heavy atom. The maximum atomic E-state index is 12.2. The van der Waals surface area contributed by atoms with Crippen LogP contribution in [-0.4, -0.2) is 31.2 Å². The van der Waals surface area contributed by atoms with Gasteiger partial charge >= 0.3 is 5.97 Å². The van der Waals surface area contributed by atoms with E-state index in [2.05, 4.69) is 5.32 Å². The molecular formula is C20H22ClNO5. The number of benzene rings is 2. The number of hydrogen-bond donors (Lipinski definition) is 2. The van der Waals surface area contributed by atoms with E-state index in [9.17, 15) is 14.7 Å². The number of carbonyl (C=O) groups is 2. The van der Waals surface area contributed by atoms with Gasteiger partial charge in [-0.1, -0.05) is 29.8 Å². The van der Waals surface area contributed by atoms with Crippen molar-refractivity contribution in [3.05, 3.63) is 58.6 Å². The summed E-state index contributed by atoms with van der Waals surface area (Å²) < 4.78 is 10.2. The van der Waals surface area contributed by atoms with Gasteiger partial charge in [-0.2, -0.15) is 0 Å². The van der Waals surface area contributed by atoms with Crippen molar-refractivity contribution in [2.24, 2.45) is 0 Å². The Morgan fingerprint density at radius 2 is 1.81 bits per heavy atom. The third kappa shape index (κ3) is 5.89. The molecule has 2 aromatic rings. The SMILES string of the molecule is COc1ccc(CCCC(=O)NC(C(=O)O)c2ccc(OC)c(Cl)c2)cc1. The Labute approximate surface area is 163 Å². The molecule has 2 aromatic carbocycles. The number of aliphatic carboxylic acids is 1. The van der Waals surface area contributed by atoms with E-state index in [-0.39, 0.29) is 17.4 Å². The minimum Gasteiger partial charge on any atom is -0.497 e. The first kappa shape index (κ1) is 20.6. The van der Waals surface area contributed by atoms with Gasteiger partial charge in [-0.15, -0.1) is 0 Å². The van der Waals surface area contributed by atoms with E-state index in [1.165, 1.54) is 13.2 Å². The normalized spacial score (nSPS) is 11.5. The molecule has 6 nitrogen and oxygen atoms in total. The van der Waals surface area contributed by atoms with Crippen LogP contribution in [0, 0.1) is 0 Å². The maximum Gasteiger partial charge on any atom is 0.330 e. The standard InChI is InChI=1S/C20H22ClNO5/c1-26-15-9-6-13(7-10-15)4-3-5-18(23)22-19(20(24)25)14-8-11-17(27-2)16(21)12-14/h6-12,19H,3-5H2,1-2H3,(H,22,23)(H,24,25). The molecule has 0 spiro atoms. The van der Waals surface area contributed by atoms with E-state index >= 15 is 0 Å². The second-order valence-corrected chi connectivity index (χ2v) is 6.34.